The number of aliphatic carboxylic acids is 2. The van der Waals surface area contributed by atoms with Crippen molar-refractivity contribution in [2.45, 2.75) is 97.3 Å². The predicted molar refractivity (Wildman–Crippen MR) is 92.2 cm³/mol. The Hall–Kier alpha value is -0.916. The smallest absolute Gasteiger partial charge is 0.303 e. The monoisotopic (exact) mass is 455 g/mol. The summed E-state index contributed by atoms with van der Waals surface area (Å²) >= 11 is 0. The van der Waals surface area contributed by atoms with Crippen molar-refractivity contribution in [1.29, 1.82) is 0 Å². The van der Waals surface area contributed by atoms with Crippen LogP contribution >= 0.6 is 0 Å². The molecule has 0 unspecified atom stereocenters. The second-order valence-electron chi connectivity index (χ2n) is 5.43. The summed E-state index contributed by atoms with van der Waals surface area (Å²) in [7, 11) is 0. The molecule has 0 aromatic heterocycles. The van der Waals surface area contributed by atoms with Gasteiger partial charge in [0.05, 0.1) is 0 Å². The fourth-order valence-corrected chi connectivity index (χ4v) is 1.94. The molecule has 0 fully saturated rings. The molecule has 0 aliphatic carbocycles. The summed E-state index contributed by atoms with van der Waals surface area (Å²) in [6.07, 6.45) is 14.6. The van der Waals surface area contributed by atoms with Gasteiger partial charge in [0.25, 0.3) is 0 Å². The molecule has 0 spiro atoms. The summed E-state index contributed by atoms with van der Waals surface area (Å²) in [4.78, 5) is 19.6. The van der Waals surface area contributed by atoms with E-state index >= 15 is 0 Å². The molecule has 0 saturated heterocycles. The summed E-state index contributed by atoms with van der Waals surface area (Å²) in [5, 5.41) is 16.2. The number of rotatable bonds is 13. The summed E-state index contributed by atoms with van der Waals surface area (Å²) in [5.41, 5.74) is 0. The topological polar surface area (TPSA) is 74.6 Å². The van der Waals surface area contributed by atoms with Crippen LogP contribution in [0.4, 0.5) is 23.5 Å². The zero-order valence-corrected chi connectivity index (χ0v) is 17.1. The van der Waals surface area contributed by atoms with Gasteiger partial charge in [-0.15, -0.1) is 0 Å². The second-order valence-corrected chi connectivity index (χ2v) is 5.43. The van der Waals surface area contributed by atoms with E-state index in [0.29, 0.717) is 6.42 Å². The van der Waals surface area contributed by atoms with E-state index in [2.05, 4.69) is 6.92 Å². The Morgan fingerprint density at radius 3 is 1.04 bits per heavy atom. The van der Waals surface area contributed by atoms with E-state index in [9.17, 15) is 9.59 Å². The fourth-order valence-electron chi connectivity index (χ4n) is 1.94. The Kier molecular flexibility index (Phi) is 82.7. The molecule has 2 N–H and O–H groups in total. The first kappa shape index (κ1) is 50.2. The molecule has 171 valence electrons. The van der Waals surface area contributed by atoms with Crippen molar-refractivity contribution in [2.75, 3.05) is 0 Å². The SMILES string of the molecule is CCC(=O)O.CCCCCCCCCCCCCC(=O)O.[F].[F].[F].[F].[F].[Ni]. The van der Waals surface area contributed by atoms with E-state index in [1.807, 2.05) is 0 Å². The van der Waals surface area contributed by atoms with Crippen LogP contribution in [0.15, 0.2) is 0 Å². The van der Waals surface area contributed by atoms with Crippen molar-refractivity contribution in [3.8, 4) is 0 Å². The molecule has 0 aromatic rings. The van der Waals surface area contributed by atoms with Crippen molar-refractivity contribution >= 4 is 11.9 Å². The third-order valence-electron chi connectivity index (χ3n) is 3.30. The number of carboxylic acids is 2. The number of hydrogen-bond acceptors (Lipinski definition) is 2. The van der Waals surface area contributed by atoms with E-state index in [1.165, 1.54) is 57.8 Å². The van der Waals surface area contributed by atoms with Crippen molar-refractivity contribution in [2.24, 2.45) is 0 Å². The molecule has 0 aliphatic rings. The van der Waals surface area contributed by atoms with Gasteiger partial charge in [-0.1, -0.05) is 78.1 Å². The third kappa shape index (κ3) is 67.4. The molecule has 5 radical (unpaired) electrons. The Morgan fingerprint density at radius 1 is 0.556 bits per heavy atom. The maximum absolute atomic E-state index is 10.3. The first-order valence-electron chi connectivity index (χ1n) is 8.48. The molecule has 0 aliphatic heterocycles. The number of hydrogen-bond donors (Lipinski definition) is 2. The Balaban J connectivity index is -0.0000000489. The van der Waals surface area contributed by atoms with Crippen LogP contribution in [0.2, 0.25) is 0 Å². The van der Waals surface area contributed by atoms with Gasteiger partial charge in [-0.3, -0.25) is 9.59 Å². The fraction of sp³-hybridized carbons (Fsp3) is 0.882. The molecular formula is C17H34F5NiO4. The van der Waals surface area contributed by atoms with Gasteiger partial charge in [-0.05, 0) is 6.42 Å². The summed E-state index contributed by atoms with van der Waals surface area (Å²) in [5.74, 6) is -1.40. The Bertz CT molecular complexity index is 263. The zero-order valence-electron chi connectivity index (χ0n) is 16.1. The van der Waals surface area contributed by atoms with Gasteiger partial charge in [0, 0.05) is 52.9 Å². The summed E-state index contributed by atoms with van der Waals surface area (Å²) < 4.78 is 0. The van der Waals surface area contributed by atoms with E-state index < -0.39 is 11.9 Å². The Labute approximate surface area is 169 Å². The van der Waals surface area contributed by atoms with E-state index in [4.69, 9.17) is 10.2 Å². The standard InChI is InChI=1S/C14H28O2.C3H6O2.5F.Ni/c1-2-3-4-5-6-7-8-9-10-11-12-13-14(15)16;1-2-3(4)5;;;;;;/h2-13H2,1H3,(H,15,16);2H2,1H3,(H,4,5);;;;;;. The molecule has 0 saturated carbocycles. The number of carbonyl (C=O) groups is 2. The first-order valence-corrected chi connectivity index (χ1v) is 8.48. The van der Waals surface area contributed by atoms with E-state index in [-0.39, 0.29) is 46.4 Å². The van der Waals surface area contributed by atoms with Crippen LogP contribution < -0.4 is 0 Å². The van der Waals surface area contributed by atoms with E-state index in [0.717, 1.165) is 12.8 Å². The van der Waals surface area contributed by atoms with Crippen LogP contribution in [0.5, 0.6) is 0 Å². The minimum Gasteiger partial charge on any atom is -0.481 e. The summed E-state index contributed by atoms with van der Waals surface area (Å²) in [6.45, 7) is 3.85. The van der Waals surface area contributed by atoms with Crippen LogP contribution in [-0.4, -0.2) is 22.2 Å². The molecule has 0 amide bonds. The maximum atomic E-state index is 10.3. The predicted octanol–water partition coefficient (Wildman–Crippen LogP) is 7.35. The Morgan fingerprint density at radius 2 is 0.815 bits per heavy atom. The molecule has 27 heavy (non-hydrogen) atoms. The molecule has 0 bridgehead atoms. The molecule has 4 nitrogen and oxygen atoms in total. The van der Waals surface area contributed by atoms with Gasteiger partial charge < -0.3 is 10.2 Å². The van der Waals surface area contributed by atoms with Gasteiger partial charge in [-0.25, -0.2) is 0 Å². The quantitative estimate of drug-likeness (QED) is 0.173. The largest absolute Gasteiger partial charge is 0.481 e. The number of unbranched alkanes of at least 4 members (excludes halogenated alkanes) is 10. The molecule has 0 atom stereocenters. The first-order chi connectivity index (χ1) is 10.0. The van der Waals surface area contributed by atoms with Gasteiger partial charge >= 0.3 is 11.9 Å². The molecule has 0 heterocycles. The zero-order chi connectivity index (χ0) is 16.3. The maximum Gasteiger partial charge on any atom is 0.303 e. The average molecular weight is 456 g/mol. The van der Waals surface area contributed by atoms with Gasteiger partial charge in [-0.2, -0.15) is 0 Å². The van der Waals surface area contributed by atoms with Crippen molar-refractivity contribution in [1.82, 2.24) is 0 Å². The minimum absolute atomic E-state index is 0. The van der Waals surface area contributed by atoms with Crippen LogP contribution in [0.1, 0.15) is 97.3 Å². The molecule has 10 heteroatoms. The van der Waals surface area contributed by atoms with Crippen molar-refractivity contribution in [3.63, 3.8) is 0 Å². The van der Waals surface area contributed by atoms with Crippen molar-refractivity contribution < 1.29 is 59.8 Å². The number of carboxylic acid groups (broad SMARTS) is 2. The third-order valence-corrected chi connectivity index (χ3v) is 3.30. The van der Waals surface area contributed by atoms with E-state index in [1.54, 1.807) is 6.92 Å². The van der Waals surface area contributed by atoms with Gasteiger partial charge in [0.1, 0.15) is 0 Å². The molecule has 0 rings (SSSR count). The average Bonchev–Trinajstić information content (AvgIpc) is 2.45. The normalized spacial score (nSPS) is 7.63. The molecule has 0 aromatic carbocycles. The van der Waals surface area contributed by atoms with Crippen LogP contribution in [0.25, 0.3) is 0 Å². The molecular weight excluding hydrogens is 422 g/mol. The van der Waals surface area contributed by atoms with Gasteiger partial charge in [0.2, 0.25) is 0 Å². The van der Waals surface area contributed by atoms with Crippen LogP contribution in [-0.2, 0) is 26.1 Å². The van der Waals surface area contributed by atoms with Crippen molar-refractivity contribution in [3.05, 3.63) is 0 Å². The van der Waals surface area contributed by atoms with Crippen LogP contribution in [0.3, 0.4) is 0 Å². The van der Waals surface area contributed by atoms with Crippen LogP contribution in [0, 0.1) is 0 Å². The minimum atomic E-state index is -0.745. The summed E-state index contributed by atoms with van der Waals surface area (Å²) in [6, 6.07) is 0. The van der Waals surface area contributed by atoms with Gasteiger partial charge in [0.15, 0.2) is 0 Å². The second kappa shape index (κ2) is 44.5. The number of halogens is 5.